The normalized spacial score (nSPS) is 26.9. The Morgan fingerprint density at radius 3 is 2.71 bits per heavy atom. The Kier molecular flexibility index (Phi) is 7.67. The van der Waals surface area contributed by atoms with Crippen LogP contribution < -0.4 is 5.32 Å². The lowest BCUT2D eigenvalue weighted by atomic mass is 9.88. The van der Waals surface area contributed by atoms with Gasteiger partial charge in [0.05, 0.1) is 19.3 Å². The highest BCUT2D eigenvalue weighted by molar-refractivity contribution is 5.80. The summed E-state index contributed by atoms with van der Waals surface area (Å²) >= 11 is 0. The molecule has 0 aromatic heterocycles. The van der Waals surface area contributed by atoms with Crippen LogP contribution in [0.2, 0.25) is 0 Å². The van der Waals surface area contributed by atoms with Gasteiger partial charge in [-0.05, 0) is 45.6 Å². The van der Waals surface area contributed by atoms with E-state index in [1.165, 1.54) is 20.0 Å². The highest BCUT2D eigenvalue weighted by atomic mass is 16.5. The van der Waals surface area contributed by atoms with Crippen molar-refractivity contribution in [3.63, 3.8) is 0 Å². The van der Waals surface area contributed by atoms with Crippen LogP contribution >= 0.6 is 0 Å². The number of hydrogen-bond donors (Lipinski definition) is 1. The number of hydrogen-bond acceptors (Lipinski definition) is 4. The molecule has 1 N–H and O–H groups in total. The summed E-state index contributed by atoms with van der Waals surface area (Å²) in [6, 6.07) is 0. The van der Waals surface area contributed by atoms with Crippen molar-refractivity contribution in [2.75, 3.05) is 13.7 Å². The van der Waals surface area contributed by atoms with Crippen LogP contribution in [0.5, 0.6) is 0 Å². The molecular formula is C17H33NO3. The van der Waals surface area contributed by atoms with Gasteiger partial charge < -0.3 is 14.8 Å². The smallest absolute Gasteiger partial charge is 0.325 e. The summed E-state index contributed by atoms with van der Waals surface area (Å²) in [6.07, 6.45) is 6.87. The van der Waals surface area contributed by atoms with E-state index in [2.05, 4.69) is 26.1 Å². The van der Waals surface area contributed by atoms with E-state index in [4.69, 9.17) is 9.47 Å². The quantitative estimate of drug-likeness (QED) is 0.699. The van der Waals surface area contributed by atoms with Crippen molar-refractivity contribution >= 4 is 5.97 Å². The Hall–Kier alpha value is -0.610. The van der Waals surface area contributed by atoms with E-state index in [0.29, 0.717) is 12.5 Å². The van der Waals surface area contributed by atoms with Crippen LogP contribution in [0.4, 0.5) is 0 Å². The zero-order chi connectivity index (χ0) is 15.9. The fourth-order valence-electron chi connectivity index (χ4n) is 3.31. The van der Waals surface area contributed by atoms with E-state index in [-0.39, 0.29) is 12.1 Å². The molecule has 0 aliphatic heterocycles. The van der Waals surface area contributed by atoms with Crippen molar-refractivity contribution in [3.8, 4) is 0 Å². The fraction of sp³-hybridized carbons (Fsp3) is 0.941. The van der Waals surface area contributed by atoms with Gasteiger partial charge in [0, 0.05) is 6.42 Å². The van der Waals surface area contributed by atoms with Crippen molar-refractivity contribution in [2.24, 2.45) is 5.92 Å². The minimum atomic E-state index is -0.662. The largest absolute Gasteiger partial charge is 0.468 e. The number of methoxy groups -OCH3 is 1. The maximum atomic E-state index is 12.1. The third-order valence-corrected chi connectivity index (χ3v) is 4.41. The zero-order valence-electron chi connectivity index (χ0n) is 14.4. The number of esters is 1. The van der Waals surface area contributed by atoms with Crippen LogP contribution in [-0.2, 0) is 14.3 Å². The summed E-state index contributed by atoms with van der Waals surface area (Å²) in [5.41, 5.74) is -0.662. The number of nitrogens with one attached hydrogen (secondary N) is 1. The van der Waals surface area contributed by atoms with Crippen molar-refractivity contribution in [1.82, 2.24) is 5.32 Å². The number of ether oxygens (including phenoxy) is 2. The molecule has 21 heavy (non-hydrogen) atoms. The van der Waals surface area contributed by atoms with Gasteiger partial charge in [-0.2, -0.15) is 0 Å². The number of carbonyl (C=O) groups excluding carboxylic acids is 1. The number of carbonyl (C=O) groups is 1. The molecule has 1 aliphatic rings. The molecule has 0 bridgehead atoms. The highest BCUT2D eigenvalue weighted by Crippen LogP contribution is 2.28. The first-order chi connectivity index (χ1) is 9.91. The summed E-state index contributed by atoms with van der Waals surface area (Å²) in [6.45, 7) is 9.17. The summed E-state index contributed by atoms with van der Waals surface area (Å²) < 4.78 is 11.1. The predicted molar refractivity (Wildman–Crippen MR) is 85.3 cm³/mol. The molecule has 0 saturated heterocycles. The van der Waals surface area contributed by atoms with E-state index in [0.717, 1.165) is 31.7 Å². The van der Waals surface area contributed by atoms with Gasteiger partial charge in [0.2, 0.25) is 0 Å². The van der Waals surface area contributed by atoms with E-state index < -0.39 is 5.54 Å². The second kappa shape index (κ2) is 8.74. The second-order valence-corrected chi connectivity index (χ2v) is 6.80. The van der Waals surface area contributed by atoms with Crippen LogP contribution in [-0.4, -0.2) is 37.4 Å². The molecule has 4 heteroatoms. The lowest BCUT2D eigenvalue weighted by Crippen LogP contribution is -2.52. The van der Waals surface area contributed by atoms with E-state index in [1.807, 2.05) is 6.92 Å². The first-order valence-corrected chi connectivity index (χ1v) is 8.40. The summed E-state index contributed by atoms with van der Waals surface area (Å²) in [7, 11) is 1.45. The van der Waals surface area contributed by atoms with Gasteiger partial charge in [-0.1, -0.05) is 26.7 Å². The van der Waals surface area contributed by atoms with Gasteiger partial charge >= 0.3 is 5.97 Å². The summed E-state index contributed by atoms with van der Waals surface area (Å²) in [5.74, 6) is 0.546. The molecule has 0 amide bonds. The third-order valence-electron chi connectivity index (χ3n) is 4.41. The van der Waals surface area contributed by atoms with Gasteiger partial charge in [-0.3, -0.25) is 4.79 Å². The maximum absolute atomic E-state index is 12.1. The SMILES string of the molecule is CCCNC(C)(CC(C)OC1CCCC(C)C1)C(=O)OC. The average molecular weight is 299 g/mol. The van der Waals surface area contributed by atoms with Crippen molar-refractivity contribution in [2.45, 2.75) is 84.0 Å². The standard InChI is InChI=1S/C17H33NO3/c1-6-10-18-17(4,16(19)20-5)12-14(3)21-15-9-7-8-13(2)11-15/h13-15,18H,6-12H2,1-5H3. The molecule has 0 aromatic rings. The fourth-order valence-corrected chi connectivity index (χ4v) is 3.31. The van der Waals surface area contributed by atoms with E-state index >= 15 is 0 Å². The van der Waals surface area contributed by atoms with Crippen LogP contribution in [0.25, 0.3) is 0 Å². The van der Waals surface area contributed by atoms with Crippen LogP contribution in [0.3, 0.4) is 0 Å². The van der Waals surface area contributed by atoms with Crippen molar-refractivity contribution in [1.29, 1.82) is 0 Å². The molecule has 0 heterocycles. The van der Waals surface area contributed by atoms with E-state index in [9.17, 15) is 4.79 Å². The molecule has 1 rings (SSSR count). The molecule has 1 fully saturated rings. The summed E-state index contributed by atoms with van der Waals surface area (Å²) in [4.78, 5) is 12.1. The van der Waals surface area contributed by atoms with Gasteiger partial charge in [-0.15, -0.1) is 0 Å². The first kappa shape index (κ1) is 18.4. The molecule has 1 aliphatic carbocycles. The molecular weight excluding hydrogens is 266 g/mol. The van der Waals surface area contributed by atoms with Crippen molar-refractivity contribution < 1.29 is 14.3 Å². The summed E-state index contributed by atoms with van der Waals surface area (Å²) in [5, 5.41) is 3.32. The molecule has 4 nitrogen and oxygen atoms in total. The monoisotopic (exact) mass is 299 g/mol. The topological polar surface area (TPSA) is 47.6 Å². The molecule has 1 saturated carbocycles. The third kappa shape index (κ3) is 5.95. The predicted octanol–water partition coefficient (Wildman–Crippen LogP) is 3.29. The Labute approximate surface area is 130 Å². The minimum absolute atomic E-state index is 0.0498. The van der Waals surface area contributed by atoms with Gasteiger partial charge in [0.15, 0.2) is 0 Å². The molecule has 124 valence electrons. The molecule has 4 atom stereocenters. The van der Waals surface area contributed by atoms with Crippen LogP contribution in [0.15, 0.2) is 0 Å². The van der Waals surface area contributed by atoms with Crippen molar-refractivity contribution in [3.05, 3.63) is 0 Å². The lowest BCUT2D eigenvalue weighted by Gasteiger charge is -2.34. The Morgan fingerprint density at radius 2 is 2.14 bits per heavy atom. The Bertz CT molecular complexity index is 321. The second-order valence-electron chi connectivity index (χ2n) is 6.80. The molecule has 0 radical (unpaired) electrons. The van der Waals surface area contributed by atoms with E-state index in [1.54, 1.807) is 0 Å². The number of rotatable bonds is 8. The molecule has 0 spiro atoms. The lowest BCUT2D eigenvalue weighted by molar-refractivity contribution is -0.150. The Morgan fingerprint density at radius 1 is 1.43 bits per heavy atom. The molecule has 4 unspecified atom stereocenters. The van der Waals surface area contributed by atoms with Gasteiger partial charge in [0.1, 0.15) is 5.54 Å². The Balaban J connectivity index is 2.54. The first-order valence-electron chi connectivity index (χ1n) is 8.40. The van der Waals surface area contributed by atoms with Gasteiger partial charge in [-0.25, -0.2) is 0 Å². The maximum Gasteiger partial charge on any atom is 0.325 e. The molecule has 0 aromatic carbocycles. The van der Waals surface area contributed by atoms with Crippen LogP contribution in [0.1, 0.15) is 66.2 Å². The highest BCUT2D eigenvalue weighted by Gasteiger charge is 2.36. The van der Waals surface area contributed by atoms with Crippen LogP contribution in [0, 0.1) is 5.92 Å². The minimum Gasteiger partial charge on any atom is -0.468 e. The average Bonchev–Trinajstić information content (AvgIpc) is 2.44. The zero-order valence-corrected chi connectivity index (χ0v) is 14.4. The van der Waals surface area contributed by atoms with Gasteiger partial charge in [0.25, 0.3) is 0 Å².